The van der Waals surface area contributed by atoms with E-state index < -0.39 is 12.0 Å². The molecule has 0 fully saturated rings. The van der Waals surface area contributed by atoms with Crippen molar-refractivity contribution in [1.29, 1.82) is 0 Å². The smallest absolute Gasteiger partial charge is 0.171 e. The number of carbonyl (C=O) groups is 2. The fourth-order valence-electron chi connectivity index (χ4n) is 2.33. The van der Waals surface area contributed by atoms with E-state index in [1.165, 1.54) is 0 Å². The predicted molar refractivity (Wildman–Crippen MR) is 94.6 cm³/mol. The van der Waals surface area contributed by atoms with Gasteiger partial charge < -0.3 is 5.73 Å². The summed E-state index contributed by atoms with van der Waals surface area (Å²) in [6, 6.07) is 17.7. The maximum Gasteiger partial charge on any atom is 0.171 e. The molecule has 3 nitrogen and oxygen atoms in total. The molecule has 0 saturated heterocycles. The number of ketones is 2. The second-order valence-corrected chi connectivity index (χ2v) is 5.60. The summed E-state index contributed by atoms with van der Waals surface area (Å²) < 4.78 is 0. The molecule has 0 aliphatic carbocycles. The molecule has 0 saturated carbocycles. The van der Waals surface area contributed by atoms with Crippen LogP contribution in [0.15, 0.2) is 60.7 Å². The van der Waals surface area contributed by atoms with E-state index in [0.29, 0.717) is 12.0 Å². The third-order valence-corrected chi connectivity index (χ3v) is 3.92. The number of hydrogen-bond acceptors (Lipinski definition) is 4. The van der Waals surface area contributed by atoms with Crippen molar-refractivity contribution in [1.82, 2.24) is 0 Å². The molecule has 0 aromatic heterocycles. The van der Waals surface area contributed by atoms with Gasteiger partial charge in [-0.25, -0.2) is 0 Å². The first kappa shape index (κ1) is 17.2. The van der Waals surface area contributed by atoms with Crippen LogP contribution in [0.4, 0.5) is 0 Å². The summed E-state index contributed by atoms with van der Waals surface area (Å²) >= 11 is 4.82. The minimum atomic E-state index is -0.735. The highest BCUT2D eigenvalue weighted by atomic mass is 32.1. The van der Waals surface area contributed by atoms with Crippen LogP contribution in [0.3, 0.4) is 0 Å². The Hall–Kier alpha value is -2.17. The Morgan fingerprint density at radius 1 is 1.00 bits per heavy atom. The quantitative estimate of drug-likeness (QED) is 0.599. The topological polar surface area (TPSA) is 60.2 Å². The summed E-state index contributed by atoms with van der Waals surface area (Å²) in [5, 5.41) is 2.51. The van der Waals surface area contributed by atoms with Crippen molar-refractivity contribution < 1.29 is 9.59 Å². The van der Waals surface area contributed by atoms with E-state index in [-0.39, 0.29) is 18.0 Å². The zero-order valence-electron chi connectivity index (χ0n) is 12.6. The van der Waals surface area contributed by atoms with Gasteiger partial charge >= 0.3 is 0 Å². The summed E-state index contributed by atoms with van der Waals surface area (Å²) in [4.78, 5) is 24.7. The van der Waals surface area contributed by atoms with Gasteiger partial charge in [-0.2, -0.15) is 0 Å². The van der Waals surface area contributed by atoms with Crippen LogP contribution in [0.1, 0.15) is 22.3 Å². The van der Waals surface area contributed by atoms with Gasteiger partial charge in [-0.15, -0.1) is 0 Å². The molecular weight excluding hydrogens is 306 g/mol. The molecule has 23 heavy (non-hydrogen) atoms. The Kier molecular flexibility index (Phi) is 6.32. The molecular formula is C19H18NO2S. The average Bonchev–Trinajstić information content (AvgIpc) is 2.60. The summed E-state index contributed by atoms with van der Waals surface area (Å²) in [5.74, 6) is -1.11. The van der Waals surface area contributed by atoms with Crippen molar-refractivity contribution in [2.45, 2.75) is 18.9 Å². The Labute approximate surface area is 141 Å². The lowest BCUT2D eigenvalue weighted by Gasteiger charge is -2.14. The van der Waals surface area contributed by atoms with Crippen LogP contribution < -0.4 is 5.73 Å². The standard InChI is InChI=1S/C19H18NO2S/c20-17(11-14-7-3-1-4-8-14)18(21)12-16(13-23)19(22)15-9-5-2-6-10-15/h1-10,16-17H,11-12,20H2/t16?,17-/m0/s1. The van der Waals surface area contributed by atoms with Crippen LogP contribution in [0.25, 0.3) is 0 Å². The van der Waals surface area contributed by atoms with Crippen molar-refractivity contribution >= 4 is 29.2 Å². The Balaban J connectivity index is 1.99. The van der Waals surface area contributed by atoms with Gasteiger partial charge in [-0.3, -0.25) is 9.59 Å². The normalized spacial score (nSPS) is 13.1. The van der Waals surface area contributed by atoms with Crippen LogP contribution in [-0.4, -0.2) is 23.0 Å². The van der Waals surface area contributed by atoms with E-state index in [0.717, 1.165) is 5.56 Å². The highest BCUT2D eigenvalue weighted by Crippen LogP contribution is 2.14. The number of thiocarbonyl (C=S) groups is 1. The van der Waals surface area contributed by atoms with Gasteiger partial charge in [0, 0.05) is 17.4 Å². The number of nitrogens with two attached hydrogens (primary N) is 1. The molecule has 1 radical (unpaired) electrons. The first-order valence-electron chi connectivity index (χ1n) is 7.41. The fraction of sp³-hybridized carbons (Fsp3) is 0.211. The van der Waals surface area contributed by atoms with Crippen LogP contribution >= 0.6 is 12.2 Å². The minimum Gasteiger partial charge on any atom is -0.321 e. The molecule has 2 N–H and O–H groups in total. The van der Waals surface area contributed by atoms with Gasteiger partial charge in [0.05, 0.1) is 12.0 Å². The number of hydrogen-bond donors (Lipinski definition) is 1. The van der Waals surface area contributed by atoms with E-state index >= 15 is 0 Å². The van der Waals surface area contributed by atoms with Gasteiger partial charge in [0.25, 0.3) is 0 Å². The molecule has 4 heteroatoms. The lowest BCUT2D eigenvalue weighted by atomic mass is 9.91. The molecule has 0 spiro atoms. The zero-order valence-corrected chi connectivity index (χ0v) is 13.5. The van der Waals surface area contributed by atoms with E-state index in [1.54, 1.807) is 24.3 Å². The second kappa shape index (κ2) is 8.46. The van der Waals surface area contributed by atoms with Gasteiger partial charge in [0.15, 0.2) is 11.6 Å². The van der Waals surface area contributed by atoms with Crippen LogP contribution in [-0.2, 0) is 11.2 Å². The molecule has 0 heterocycles. The Bertz CT molecular complexity index is 670. The van der Waals surface area contributed by atoms with Gasteiger partial charge in [0.2, 0.25) is 0 Å². The number of benzene rings is 2. The van der Waals surface area contributed by atoms with E-state index in [9.17, 15) is 9.59 Å². The van der Waals surface area contributed by atoms with Crippen LogP contribution in [0.5, 0.6) is 0 Å². The number of carbonyl (C=O) groups excluding carboxylic acids is 2. The second-order valence-electron chi connectivity index (χ2n) is 5.37. The molecule has 0 amide bonds. The molecule has 2 atom stereocenters. The van der Waals surface area contributed by atoms with Crippen molar-refractivity contribution in [2.75, 3.05) is 0 Å². The SMILES string of the molecule is N[C@@H](Cc1ccccc1)C(=O)CC([C]=S)C(=O)c1ccccc1. The summed E-state index contributed by atoms with van der Waals surface area (Å²) in [5.41, 5.74) is 7.49. The van der Waals surface area contributed by atoms with Crippen molar-refractivity contribution in [3.8, 4) is 0 Å². The average molecular weight is 324 g/mol. The third-order valence-electron chi connectivity index (χ3n) is 3.63. The zero-order chi connectivity index (χ0) is 16.7. The number of Topliss-reactive ketones (excluding diaryl/α,β-unsaturated/α-hetero) is 2. The Morgan fingerprint density at radius 3 is 2.13 bits per heavy atom. The lowest BCUT2D eigenvalue weighted by molar-refractivity contribution is -0.120. The van der Waals surface area contributed by atoms with Gasteiger partial charge in [-0.05, 0) is 12.0 Å². The summed E-state index contributed by atoms with van der Waals surface area (Å²) in [6.07, 6.45) is 0.439. The molecule has 2 rings (SSSR count). The van der Waals surface area contributed by atoms with E-state index in [4.69, 9.17) is 18.0 Å². The molecule has 0 bridgehead atoms. The van der Waals surface area contributed by atoms with E-state index in [2.05, 4.69) is 5.37 Å². The van der Waals surface area contributed by atoms with Gasteiger partial charge in [0.1, 0.15) is 0 Å². The van der Waals surface area contributed by atoms with Gasteiger partial charge in [-0.1, -0.05) is 72.9 Å². The first-order chi connectivity index (χ1) is 11.1. The number of rotatable bonds is 8. The maximum absolute atomic E-state index is 12.4. The largest absolute Gasteiger partial charge is 0.321 e. The molecule has 0 aliphatic heterocycles. The highest BCUT2D eigenvalue weighted by Gasteiger charge is 2.24. The predicted octanol–water partition coefficient (Wildman–Crippen LogP) is 2.89. The fourth-order valence-corrected chi connectivity index (χ4v) is 2.52. The molecule has 0 aliphatic rings. The monoisotopic (exact) mass is 324 g/mol. The van der Waals surface area contributed by atoms with Crippen LogP contribution in [0.2, 0.25) is 0 Å². The highest BCUT2D eigenvalue weighted by molar-refractivity contribution is 7.79. The summed E-state index contributed by atoms with van der Waals surface area (Å²) in [6.45, 7) is 0. The van der Waals surface area contributed by atoms with Crippen LogP contribution in [0, 0.1) is 5.92 Å². The third kappa shape index (κ3) is 4.91. The van der Waals surface area contributed by atoms with E-state index in [1.807, 2.05) is 36.4 Å². The van der Waals surface area contributed by atoms with Crippen molar-refractivity contribution in [3.63, 3.8) is 0 Å². The van der Waals surface area contributed by atoms with Crippen molar-refractivity contribution in [2.24, 2.45) is 11.7 Å². The molecule has 1 unspecified atom stereocenters. The minimum absolute atomic E-state index is 0.00870. The lowest BCUT2D eigenvalue weighted by Crippen LogP contribution is -2.35. The first-order valence-corrected chi connectivity index (χ1v) is 7.81. The summed E-state index contributed by atoms with van der Waals surface area (Å²) in [7, 11) is 0. The maximum atomic E-state index is 12.4. The Morgan fingerprint density at radius 2 is 1.57 bits per heavy atom. The molecule has 2 aromatic carbocycles. The molecule has 117 valence electrons. The molecule has 2 aromatic rings. The van der Waals surface area contributed by atoms with Crippen molar-refractivity contribution in [3.05, 3.63) is 71.8 Å².